The second kappa shape index (κ2) is 6.14. The Morgan fingerprint density at radius 2 is 2.10 bits per heavy atom. The van der Waals surface area contributed by atoms with E-state index in [2.05, 4.69) is 5.32 Å². The van der Waals surface area contributed by atoms with Crippen LogP contribution in [0.4, 0.5) is 13.2 Å². The second-order valence-corrected chi connectivity index (χ2v) is 5.59. The zero-order valence-electron chi connectivity index (χ0n) is 11.5. The van der Waals surface area contributed by atoms with Crippen molar-refractivity contribution in [3.05, 3.63) is 35.4 Å². The largest absolute Gasteiger partial charge is 0.416 e. The van der Waals surface area contributed by atoms with Crippen LogP contribution in [0.5, 0.6) is 0 Å². The highest BCUT2D eigenvalue weighted by molar-refractivity contribution is 5.27. The van der Waals surface area contributed by atoms with Gasteiger partial charge < -0.3 is 10.4 Å². The SMILES string of the molecule is CC(NCC1CCC(O)C1)c1cccc(C(F)(F)F)c1. The third-order valence-electron chi connectivity index (χ3n) is 3.94. The molecular formula is C15H20F3NO. The molecule has 1 aromatic rings. The number of benzene rings is 1. The molecule has 20 heavy (non-hydrogen) atoms. The van der Waals surface area contributed by atoms with Gasteiger partial charge in [-0.05, 0) is 56.3 Å². The average molecular weight is 287 g/mol. The Labute approximate surface area is 117 Å². The Morgan fingerprint density at radius 3 is 2.70 bits per heavy atom. The summed E-state index contributed by atoms with van der Waals surface area (Å²) in [5.74, 6) is 0.415. The lowest BCUT2D eigenvalue weighted by atomic mass is 10.0. The minimum absolute atomic E-state index is 0.130. The number of rotatable bonds is 4. The molecule has 0 bridgehead atoms. The van der Waals surface area contributed by atoms with E-state index in [1.54, 1.807) is 6.07 Å². The van der Waals surface area contributed by atoms with Crippen LogP contribution in [-0.4, -0.2) is 17.8 Å². The van der Waals surface area contributed by atoms with Gasteiger partial charge in [0, 0.05) is 6.04 Å². The number of aliphatic hydroxyl groups excluding tert-OH is 1. The van der Waals surface area contributed by atoms with Crippen molar-refractivity contribution in [2.45, 2.75) is 44.5 Å². The maximum atomic E-state index is 12.7. The number of hydrogen-bond acceptors (Lipinski definition) is 2. The number of aliphatic hydroxyl groups is 1. The van der Waals surface area contributed by atoms with Gasteiger partial charge in [0.15, 0.2) is 0 Å². The highest BCUT2D eigenvalue weighted by Gasteiger charge is 2.30. The molecule has 0 aliphatic heterocycles. The Hall–Kier alpha value is -1.07. The molecule has 1 saturated carbocycles. The molecule has 0 aromatic heterocycles. The first kappa shape index (κ1) is 15.3. The molecule has 1 aromatic carbocycles. The highest BCUT2D eigenvalue weighted by Crippen LogP contribution is 2.31. The first-order valence-electron chi connectivity index (χ1n) is 6.95. The lowest BCUT2D eigenvalue weighted by Gasteiger charge is -2.18. The van der Waals surface area contributed by atoms with Gasteiger partial charge in [0.25, 0.3) is 0 Å². The summed E-state index contributed by atoms with van der Waals surface area (Å²) in [5, 5.41) is 12.7. The topological polar surface area (TPSA) is 32.3 Å². The van der Waals surface area contributed by atoms with Gasteiger partial charge in [0.1, 0.15) is 0 Å². The minimum atomic E-state index is -4.30. The van der Waals surface area contributed by atoms with Crippen molar-refractivity contribution in [3.8, 4) is 0 Å². The predicted octanol–water partition coefficient (Wildman–Crippen LogP) is 3.52. The number of nitrogens with one attached hydrogen (secondary N) is 1. The first-order chi connectivity index (χ1) is 9.36. The molecule has 112 valence electrons. The standard InChI is InChI=1S/C15H20F3NO/c1-10(19-9-11-5-6-14(20)7-11)12-3-2-4-13(8-12)15(16,17)18/h2-4,8,10-11,14,19-20H,5-7,9H2,1H3. The molecule has 0 saturated heterocycles. The molecule has 3 atom stereocenters. The third kappa shape index (κ3) is 3.96. The fourth-order valence-electron chi connectivity index (χ4n) is 2.68. The fraction of sp³-hybridized carbons (Fsp3) is 0.600. The Bertz CT molecular complexity index is 447. The summed E-state index contributed by atoms with van der Waals surface area (Å²) in [5.41, 5.74) is 0.0262. The molecule has 0 radical (unpaired) electrons. The summed E-state index contributed by atoms with van der Waals surface area (Å²) < 4.78 is 38.0. The number of hydrogen-bond donors (Lipinski definition) is 2. The molecule has 0 spiro atoms. The Balaban J connectivity index is 1.93. The van der Waals surface area contributed by atoms with Crippen molar-refractivity contribution in [1.82, 2.24) is 5.32 Å². The third-order valence-corrected chi connectivity index (χ3v) is 3.94. The van der Waals surface area contributed by atoms with E-state index >= 15 is 0 Å². The molecular weight excluding hydrogens is 267 g/mol. The maximum Gasteiger partial charge on any atom is 0.416 e. The number of halogens is 3. The van der Waals surface area contributed by atoms with Crippen molar-refractivity contribution in [3.63, 3.8) is 0 Å². The molecule has 0 heterocycles. The molecule has 1 fully saturated rings. The number of alkyl halides is 3. The zero-order valence-corrected chi connectivity index (χ0v) is 11.5. The van der Waals surface area contributed by atoms with Crippen LogP contribution in [0, 0.1) is 5.92 Å². The minimum Gasteiger partial charge on any atom is -0.393 e. The molecule has 0 amide bonds. The lowest BCUT2D eigenvalue weighted by Crippen LogP contribution is -2.25. The van der Waals surface area contributed by atoms with Crippen molar-refractivity contribution in [2.24, 2.45) is 5.92 Å². The van der Waals surface area contributed by atoms with Gasteiger partial charge in [-0.15, -0.1) is 0 Å². The summed E-state index contributed by atoms with van der Waals surface area (Å²) in [4.78, 5) is 0. The molecule has 2 N–H and O–H groups in total. The van der Waals surface area contributed by atoms with Gasteiger partial charge in [-0.3, -0.25) is 0 Å². The van der Waals surface area contributed by atoms with Gasteiger partial charge in [0.05, 0.1) is 11.7 Å². The van der Waals surface area contributed by atoms with Crippen molar-refractivity contribution in [2.75, 3.05) is 6.54 Å². The Kier molecular flexibility index (Phi) is 4.70. The fourth-order valence-corrected chi connectivity index (χ4v) is 2.68. The average Bonchev–Trinajstić information content (AvgIpc) is 2.81. The zero-order chi connectivity index (χ0) is 14.8. The lowest BCUT2D eigenvalue weighted by molar-refractivity contribution is -0.137. The monoisotopic (exact) mass is 287 g/mol. The predicted molar refractivity (Wildman–Crippen MR) is 71.2 cm³/mol. The van der Waals surface area contributed by atoms with Crippen LogP contribution in [0.1, 0.15) is 43.4 Å². The summed E-state index contributed by atoms with van der Waals surface area (Å²) in [6.45, 7) is 2.59. The van der Waals surface area contributed by atoms with Crippen LogP contribution in [0.25, 0.3) is 0 Å². The maximum absolute atomic E-state index is 12.7. The van der Waals surface area contributed by atoms with Crippen molar-refractivity contribution < 1.29 is 18.3 Å². The second-order valence-electron chi connectivity index (χ2n) is 5.59. The van der Waals surface area contributed by atoms with Crippen molar-refractivity contribution in [1.29, 1.82) is 0 Å². The summed E-state index contributed by atoms with van der Waals surface area (Å²) in [6, 6.07) is 5.30. The highest BCUT2D eigenvalue weighted by atomic mass is 19.4. The van der Waals surface area contributed by atoms with E-state index in [1.807, 2.05) is 6.92 Å². The Morgan fingerprint density at radius 1 is 1.35 bits per heavy atom. The molecule has 1 aliphatic carbocycles. The van der Waals surface area contributed by atoms with E-state index in [1.165, 1.54) is 12.1 Å². The quantitative estimate of drug-likeness (QED) is 0.888. The van der Waals surface area contributed by atoms with Crippen LogP contribution in [0.15, 0.2) is 24.3 Å². The van der Waals surface area contributed by atoms with Crippen LogP contribution in [-0.2, 0) is 6.18 Å². The molecule has 3 unspecified atom stereocenters. The van der Waals surface area contributed by atoms with Crippen LogP contribution < -0.4 is 5.32 Å². The normalized spacial score (nSPS) is 24.9. The summed E-state index contributed by atoms with van der Waals surface area (Å²) in [7, 11) is 0. The van der Waals surface area contributed by atoms with Gasteiger partial charge in [-0.1, -0.05) is 12.1 Å². The first-order valence-corrected chi connectivity index (χ1v) is 6.95. The molecule has 2 rings (SSSR count). The van der Waals surface area contributed by atoms with Crippen molar-refractivity contribution >= 4 is 0 Å². The van der Waals surface area contributed by atoms with Crippen LogP contribution >= 0.6 is 0 Å². The van der Waals surface area contributed by atoms with E-state index in [0.29, 0.717) is 11.5 Å². The summed E-state index contributed by atoms with van der Waals surface area (Å²) in [6.07, 6.45) is -1.94. The van der Waals surface area contributed by atoms with Crippen LogP contribution in [0.3, 0.4) is 0 Å². The molecule has 5 heteroatoms. The van der Waals surface area contributed by atoms with E-state index in [9.17, 15) is 18.3 Å². The van der Waals surface area contributed by atoms with E-state index in [-0.39, 0.29) is 12.1 Å². The van der Waals surface area contributed by atoms with Gasteiger partial charge in [-0.25, -0.2) is 0 Å². The van der Waals surface area contributed by atoms with E-state index < -0.39 is 11.7 Å². The molecule has 1 aliphatic rings. The summed E-state index contributed by atoms with van der Waals surface area (Å²) >= 11 is 0. The van der Waals surface area contributed by atoms with E-state index in [0.717, 1.165) is 31.9 Å². The van der Waals surface area contributed by atoms with Gasteiger partial charge in [-0.2, -0.15) is 13.2 Å². The van der Waals surface area contributed by atoms with E-state index in [4.69, 9.17) is 0 Å². The van der Waals surface area contributed by atoms with Crippen LogP contribution in [0.2, 0.25) is 0 Å². The van der Waals surface area contributed by atoms with Gasteiger partial charge >= 0.3 is 6.18 Å². The van der Waals surface area contributed by atoms with Gasteiger partial charge in [0.2, 0.25) is 0 Å². The smallest absolute Gasteiger partial charge is 0.393 e. The molecule has 2 nitrogen and oxygen atoms in total.